The third-order valence-electron chi connectivity index (χ3n) is 5.83. The van der Waals surface area contributed by atoms with Crippen molar-refractivity contribution in [2.75, 3.05) is 18.4 Å². The van der Waals surface area contributed by atoms with Crippen molar-refractivity contribution in [3.63, 3.8) is 0 Å². The van der Waals surface area contributed by atoms with E-state index >= 15 is 0 Å². The SMILES string of the molecule is [2H]C([2H])([2H])n1ccc2ccc(N[C@@]3(c4cccc(Cl)c4C)CCN(C(=O)C=C)C3)cc2c1=O. The van der Waals surface area contributed by atoms with Gasteiger partial charge in [0.15, 0.2) is 0 Å². The first kappa shape index (κ1) is 16.7. The van der Waals surface area contributed by atoms with Crippen LogP contribution < -0.4 is 10.9 Å². The molecule has 1 saturated heterocycles. The van der Waals surface area contributed by atoms with E-state index in [2.05, 4.69) is 11.9 Å². The number of likely N-dealkylation sites (tertiary alicyclic amines) is 1. The summed E-state index contributed by atoms with van der Waals surface area (Å²) in [6.07, 6.45) is 3.21. The van der Waals surface area contributed by atoms with Crippen molar-refractivity contribution in [3.8, 4) is 0 Å². The van der Waals surface area contributed by atoms with Crippen LogP contribution in [0.1, 0.15) is 21.7 Å². The van der Waals surface area contributed by atoms with Crippen LogP contribution in [0.25, 0.3) is 10.8 Å². The number of halogens is 1. The lowest BCUT2D eigenvalue weighted by Crippen LogP contribution is -2.40. The van der Waals surface area contributed by atoms with Crippen molar-refractivity contribution in [3.05, 3.63) is 87.8 Å². The van der Waals surface area contributed by atoms with Crippen LogP contribution in [0, 0.1) is 6.92 Å². The lowest BCUT2D eigenvalue weighted by atomic mass is 9.85. The Morgan fingerprint density at radius 3 is 2.93 bits per heavy atom. The molecule has 5 nitrogen and oxygen atoms in total. The topological polar surface area (TPSA) is 54.3 Å². The second-order valence-corrected chi connectivity index (χ2v) is 8.03. The van der Waals surface area contributed by atoms with Crippen LogP contribution in [-0.2, 0) is 17.3 Å². The summed E-state index contributed by atoms with van der Waals surface area (Å²) in [5.74, 6) is -0.155. The molecule has 1 atom stereocenters. The Morgan fingerprint density at radius 1 is 1.33 bits per heavy atom. The van der Waals surface area contributed by atoms with Gasteiger partial charge in [-0.1, -0.05) is 36.4 Å². The summed E-state index contributed by atoms with van der Waals surface area (Å²) in [6.45, 7) is 3.90. The number of nitrogens with zero attached hydrogens (tertiary/aromatic N) is 2. The molecule has 0 radical (unpaired) electrons. The maximum absolute atomic E-state index is 12.9. The molecule has 2 aromatic carbocycles. The highest BCUT2D eigenvalue weighted by atomic mass is 35.5. The number of aryl methyl sites for hydroxylation is 1. The standard InChI is InChI=1S/C24H24ClN3O2/c1-4-22(29)28-13-11-24(15-28,20-6-5-7-21(25)16(20)2)26-18-9-8-17-10-12-27(3)23(30)19(17)14-18/h4-10,12,14,26H,1,11,13,15H2,2-3H3/t24-/m0/s1/i3D3. The van der Waals surface area contributed by atoms with Crippen LogP contribution >= 0.6 is 11.6 Å². The van der Waals surface area contributed by atoms with Gasteiger partial charge >= 0.3 is 0 Å². The molecule has 0 aliphatic carbocycles. The van der Waals surface area contributed by atoms with Gasteiger partial charge in [0, 0.05) is 46.5 Å². The number of hydrogen-bond acceptors (Lipinski definition) is 3. The molecule has 1 amide bonds. The minimum atomic E-state index is -2.56. The van der Waals surface area contributed by atoms with E-state index in [4.69, 9.17) is 15.7 Å². The number of carbonyl (C=O) groups is 1. The van der Waals surface area contributed by atoms with E-state index in [1.54, 1.807) is 23.1 Å². The van der Waals surface area contributed by atoms with Crippen LogP contribution in [0.2, 0.25) is 5.02 Å². The average molecular weight is 425 g/mol. The molecular formula is C24H24ClN3O2. The van der Waals surface area contributed by atoms with Gasteiger partial charge in [0.25, 0.3) is 5.56 Å². The van der Waals surface area contributed by atoms with Crippen molar-refractivity contribution >= 4 is 34.0 Å². The smallest absolute Gasteiger partial charge is 0.258 e. The van der Waals surface area contributed by atoms with Gasteiger partial charge < -0.3 is 14.8 Å². The Kier molecular flexibility index (Phi) is 4.26. The second kappa shape index (κ2) is 7.65. The van der Waals surface area contributed by atoms with Gasteiger partial charge in [0.1, 0.15) is 0 Å². The molecule has 0 bridgehead atoms. The van der Waals surface area contributed by atoms with Crippen molar-refractivity contribution in [2.24, 2.45) is 6.98 Å². The molecule has 154 valence electrons. The van der Waals surface area contributed by atoms with Crippen molar-refractivity contribution in [1.82, 2.24) is 9.47 Å². The Hall–Kier alpha value is -3.05. The van der Waals surface area contributed by atoms with Gasteiger partial charge in [-0.25, -0.2) is 0 Å². The van der Waals surface area contributed by atoms with E-state index in [1.807, 2.05) is 31.2 Å². The molecule has 0 saturated carbocycles. The molecule has 3 aromatic rings. The number of pyridine rings is 1. The van der Waals surface area contributed by atoms with Crippen molar-refractivity contribution in [1.29, 1.82) is 0 Å². The molecule has 4 rings (SSSR count). The number of amides is 1. The van der Waals surface area contributed by atoms with Crippen LogP contribution in [0.5, 0.6) is 0 Å². The minimum absolute atomic E-state index is 0.155. The van der Waals surface area contributed by atoms with E-state index in [0.717, 1.165) is 15.7 Å². The molecule has 1 aliphatic heterocycles. The van der Waals surface area contributed by atoms with E-state index in [9.17, 15) is 9.59 Å². The second-order valence-electron chi connectivity index (χ2n) is 7.63. The maximum Gasteiger partial charge on any atom is 0.258 e. The van der Waals surface area contributed by atoms with Crippen LogP contribution in [-0.4, -0.2) is 28.5 Å². The molecule has 6 heteroatoms. The van der Waals surface area contributed by atoms with Gasteiger partial charge in [0.2, 0.25) is 5.91 Å². The lowest BCUT2D eigenvalue weighted by molar-refractivity contribution is -0.125. The van der Waals surface area contributed by atoms with Gasteiger partial charge in [0.05, 0.1) is 5.54 Å². The number of benzene rings is 2. The summed E-state index contributed by atoms with van der Waals surface area (Å²) in [4.78, 5) is 27.0. The van der Waals surface area contributed by atoms with Gasteiger partial charge in [-0.15, -0.1) is 0 Å². The molecule has 2 heterocycles. The zero-order chi connectivity index (χ0) is 24.0. The van der Waals surface area contributed by atoms with E-state index in [-0.39, 0.29) is 5.91 Å². The van der Waals surface area contributed by atoms with Gasteiger partial charge in [-0.05, 0) is 60.2 Å². The fourth-order valence-electron chi connectivity index (χ4n) is 4.24. The number of anilines is 1. The predicted molar refractivity (Wildman–Crippen MR) is 122 cm³/mol. The van der Waals surface area contributed by atoms with Crippen LogP contribution in [0.4, 0.5) is 5.69 Å². The largest absolute Gasteiger partial charge is 0.374 e. The van der Waals surface area contributed by atoms with Gasteiger partial charge in [-0.2, -0.15) is 0 Å². The number of aromatic nitrogens is 1. The highest BCUT2D eigenvalue weighted by Gasteiger charge is 2.42. The average Bonchev–Trinajstić information content (AvgIpc) is 3.19. The fourth-order valence-corrected chi connectivity index (χ4v) is 4.41. The van der Waals surface area contributed by atoms with Gasteiger partial charge in [-0.3, -0.25) is 9.59 Å². The highest BCUT2D eigenvalue weighted by Crippen LogP contribution is 2.39. The zero-order valence-electron chi connectivity index (χ0n) is 19.6. The number of fused-ring (bicyclic) bond motifs is 1. The van der Waals surface area contributed by atoms with Crippen LogP contribution in [0.15, 0.2) is 66.1 Å². The first-order valence-electron chi connectivity index (χ1n) is 11.2. The number of carbonyl (C=O) groups excluding carboxylic acids is 1. The maximum atomic E-state index is 12.9. The first-order valence-corrected chi connectivity index (χ1v) is 10.0. The summed E-state index contributed by atoms with van der Waals surface area (Å²) in [7, 11) is 0. The number of nitrogens with one attached hydrogen (secondary N) is 1. The van der Waals surface area contributed by atoms with Crippen molar-refractivity contribution in [2.45, 2.75) is 18.9 Å². The summed E-state index contributed by atoms with van der Waals surface area (Å²) >= 11 is 6.42. The van der Waals surface area contributed by atoms with E-state index in [0.29, 0.717) is 41.0 Å². The minimum Gasteiger partial charge on any atom is -0.374 e. The fraction of sp³-hybridized carbons (Fsp3) is 0.250. The monoisotopic (exact) mass is 424 g/mol. The van der Waals surface area contributed by atoms with Crippen molar-refractivity contribution < 1.29 is 8.91 Å². The molecule has 1 aliphatic rings. The predicted octanol–water partition coefficient (Wildman–Crippen LogP) is 4.23. The molecule has 30 heavy (non-hydrogen) atoms. The zero-order valence-corrected chi connectivity index (χ0v) is 17.4. The Balaban J connectivity index is 1.82. The molecule has 1 fully saturated rings. The Bertz CT molecular complexity index is 1320. The molecular weight excluding hydrogens is 398 g/mol. The molecule has 0 spiro atoms. The molecule has 1 N–H and O–H groups in total. The third kappa shape index (κ3) is 3.39. The highest BCUT2D eigenvalue weighted by molar-refractivity contribution is 6.31. The quantitative estimate of drug-likeness (QED) is 0.638. The third-order valence-corrected chi connectivity index (χ3v) is 6.24. The first-order chi connectivity index (χ1) is 15.6. The summed E-state index contributed by atoms with van der Waals surface area (Å²) in [6, 6.07) is 12.6. The number of rotatable bonds is 4. The number of hydrogen-bond donors (Lipinski definition) is 1. The Morgan fingerprint density at radius 2 is 2.17 bits per heavy atom. The van der Waals surface area contributed by atoms with Crippen LogP contribution in [0.3, 0.4) is 0 Å². The van der Waals surface area contributed by atoms with E-state index in [1.165, 1.54) is 12.3 Å². The molecule has 0 unspecified atom stereocenters. The summed E-state index contributed by atoms with van der Waals surface area (Å²) < 4.78 is 23.6. The Labute approximate surface area is 184 Å². The summed E-state index contributed by atoms with van der Waals surface area (Å²) in [5.41, 5.74) is 1.29. The lowest BCUT2D eigenvalue weighted by Gasteiger charge is -2.34. The normalized spacial score (nSPS) is 20.5. The molecule has 1 aromatic heterocycles. The summed E-state index contributed by atoms with van der Waals surface area (Å²) in [5, 5.41) is 5.12. The van der Waals surface area contributed by atoms with E-state index < -0.39 is 18.1 Å².